The van der Waals surface area contributed by atoms with Crippen LogP contribution >= 0.6 is 23.4 Å². The van der Waals surface area contributed by atoms with Gasteiger partial charge in [-0.1, -0.05) is 55.8 Å². The predicted molar refractivity (Wildman–Crippen MR) is 70.9 cm³/mol. The number of carbonyl (C=O) groups is 1. The van der Waals surface area contributed by atoms with Crippen LogP contribution in [-0.2, 0) is 9.53 Å². The molecule has 1 atom stereocenters. The summed E-state index contributed by atoms with van der Waals surface area (Å²) in [6.45, 7) is 4.12. The molecule has 1 aromatic rings. The molecule has 0 fully saturated rings. The average molecular weight is 269 g/mol. The molecule has 4 heteroatoms. The molecule has 0 aromatic heterocycles. The molecule has 1 aliphatic rings. The van der Waals surface area contributed by atoms with Gasteiger partial charge in [-0.3, -0.25) is 0 Å². The van der Waals surface area contributed by atoms with Gasteiger partial charge in [-0.25, -0.2) is 4.79 Å². The molecule has 0 radical (unpaired) electrons. The first-order chi connectivity index (χ1) is 8.09. The predicted octanol–water partition coefficient (Wildman–Crippen LogP) is 3.88. The second kappa shape index (κ2) is 5.15. The Hall–Kier alpha value is -0.930. The molecule has 1 aromatic carbocycles. The van der Waals surface area contributed by atoms with Crippen molar-refractivity contribution in [3.63, 3.8) is 0 Å². The molecule has 1 aliphatic heterocycles. The first-order valence-corrected chi connectivity index (χ1v) is 6.67. The minimum atomic E-state index is -0.427. The maximum absolute atomic E-state index is 11.5. The third kappa shape index (κ3) is 2.67. The number of rotatable bonds is 3. The van der Waals surface area contributed by atoms with Gasteiger partial charge >= 0.3 is 5.97 Å². The minimum Gasteiger partial charge on any atom is -0.448 e. The van der Waals surface area contributed by atoms with Gasteiger partial charge in [0.25, 0.3) is 0 Å². The van der Waals surface area contributed by atoms with Crippen LogP contribution in [0.4, 0.5) is 0 Å². The van der Waals surface area contributed by atoms with E-state index in [4.69, 9.17) is 16.3 Å². The first-order valence-electron chi connectivity index (χ1n) is 5.42. The van der Waals surface area contributed by atoms with Gasteiger partial charge in [-0.15, -0.1) is 11.8 Å². The van der Waals surface area contributed by atoms with Crippen molar-refractivity contribution in [2.75, 3.05) is 0 Å². The molecule has 0 spiro atoms. The largest absolute Gasteiger partial charge is 0.448 e. The lowest BCUT2D eigenvalue weighted by atomic mass is 10.1. The van der Waals surface area contributed by atoms with Gasteiger partial charge < -0.3 is 4.74 Å². The average Bonchev–Trinajstić information content (AvgIpc) is 2.58. The monoisotopic (exact) mass is 268 g/mol. The third-order valence-electron chi connectivity index (χ3n) is 2.32. The zero-order chi connectivity index (χ0) is 12.4. The van der Waals surface area contributed by atoms with Crippen LogP contribution in [0.1, 0.15) is 25.5 Å². The molecule has 1 heterocycles. The van der Waals surface area contributed by atoms with E-state index in [0.717, 1.165) is 10.5 Å². The van der Waals surface area contributed by atoms with Gasteiger partial charge in [0.15, 0.2) is 6.10 Å². The summed E-state index contributed by atoms with van der Waals surface area (Å²) in [6.07, 6.45) is -0.344. The maximum atomic E-state index is 11.5. The van der Waals surface area contributed by atoms with E-state index in [1.165, 1.54) is 0 Å². The Morgan fingerprint density at radius 3 is 2.53 bits per heavy atom. The summed E-state index contributed by atoms with van der Waals surface area (Å²) in [5.41, 5.74) is 0.958. The van der Waals surface area contributed by atoms with Crippen LogP contribution in [-0.4, -0.2) is 11.2 Å². The molecule has 90 valence electrons. The van der Waals surface area contributed by atoms with E-state index in [0.29, 0.717) is 5.25 Å². The summed E-state index contributed by atoms with van der Waals surface area (Å²) < 4.78 is 5.31. The van der Waals surface area contributed by atoms with Crippen molar-refractivity contribution < 1.29 is 9.53 Å². The van der Waals surface area contributed by atoms with Crippen LogP contribution in [0.5, 0.6) is 0 Å². The van der Waals surface area contributed by atoms with Gasteiger partial charge in [0.2, 0.25) is 0 Å². The number of esters is 1. The smallest absolute Gasteiger partial charge is 0.351 e. The van der Waals surface area contributed by atoms with E-state index in [9.17, 15) is 4.79 Å². The topological polar surface area (TPSA) is 26.3 Å². The Bertz CT molecular complexity index is 454. The molecule has 0 bridgehead atoms. The molecule has 2 nitrogen and oxygen atoms in total. The van der Waals surface area contributed by atoms with Crippen molar-refractivity contribution in [1.29, 1.82) is 0 Å². The number of halogens is 1. The number of carbonyl (C=O) groups excluding carboxylic acids is 1. The highest BCUT2D eigenvalue weighted by Crippen LogP contribution is 2.44. The summed E-state index contributed by atoms with van der Waals surface area (Å²) in [4.78, 5) is 12.3. The molecule has 2 rings (SSSR count). The second-order valence-corrected chi connectivity index (χ2v) is 6.04. The van der Waals surface area contributed by atoms with Crippen molar-refractivity contribution in [3.05, 3.63) is 45.8 Å². The zero-order valence-corrected chi connectivity index (χ0v) is 11.2. The standard InChI is InChI=1S/C13H13ClO2S/c1-8(2)17-12-10(14)13(15)16-11(12)9-6-4-3-5-7-9/h3-8,11H,1-2H3. The highest BCUT2D eigenvalue weighted by atomic mass is 35.5. The van der Waals surface area contributed by atoms with E-state index in [1.807, 2.05) is 30.3 Å². The van der Waals surface area contributed by atoms with Gasteiger partial charge in [0, 0.05) is 5.25 Å². The quantitative estimate of drug-likeness (QED) is 0.779. The highest BCUT2D eigenvalue weighted by molar-refractivity contribution is 8.03. The summed E-state index contributed by atoms with van der Waals surface area (Å²) >= 11 is 7.58. The molecular weight excluding hydrogens is 256 g/mol. The molecule has 1 unspecified atom stereocenters. The maximum Gasteiger partial charge on any atom is 0.351 e. The Kier molecular flexibility index (Phi) is 3.79. The summed E-state index contributed by atoms with van der Waals surface area (Å²) in [5.74, 6) is -0.427. The van der Waals surface area contributed by atoms with Gasteiger partial charge in [-0.05, 0) is 5.56 Å². The number of ether oxygens (including phenoxy) is 1. The van der Waals surface area contributed by atoms with E-state index >= 15 is 0 Å². The normalized spacial score (nSPS) is 20.0. The van der Waals surface area contributed by atoms with Crippen molar-refractivity contribution in [1.82, 2.24) is 0 Å². The van der Waals surface area contributed by atoms with Crippen molar-refractivity contribution in [2.45, 2.75) is 25.2 Å². The molecule has 0 N–H and O–H groups in total. The lowest BCUT2D eigenvalue weighted by Gasteiger charge is -2.15. The van der Waals surface area contributed by atoms with Crippen molar-refractivity contribution in [3.8, 4) is 0 Å². The fourth-order valence-corrected chi connectivity index (χ4v) is 2.92. The van der Waals surface area contributed by atoms with Gasteiger partial charge in [0.1, 0.15) is 5.03 Å². The summed E-state index contributed by atoms with van der Waals surface area (Å²) in [6, 6.07) is 9.66. The Morgan fingerprint density at radius 1 is 1.29 bits per heavy atom. The molecule has 0 saturated carbocycles. The fraction of sp³-hybridized carbons (Fsp3) is 0.308. The van der Waals surface area contributed by atoms with E-state index in [2.05, 4.69) is 13.8 Å². The number of hydrogen-bond acceptors (Lipinski definition) is 3. The van der Waals surface area contributed by atoms with E-state index < -0.39 is 5.97 Å². The Labute approximate surface area is 110 Å². The van der Waals surface area contributed by atoms with E-state index in [-0.39, 0.29) is 11.1 Å². The number of hydrogen-bond donors (Lipinski definition) is 0. The number of thioether (sulfide) groups is 1. The summed E-state index contributed by atoms with van der Waals surface area (Å²) in [5, 5.41) is 0.581. The fourth-order valence-electron chi connectivity index (χ4n) is 1.64. The van der Waals surface area contributed by atoms with Crippen LogP contribution in [0.2, 0.25) is 0 Å². The molecule has 0 amide bonds. The molecule has 17 heavy (non-hydrogen) atoms. The van der Waals surface area contributed by atoms with Crippen molar-refractivity contribution >= 4 is 29.3 Å². The highest BCUT2D eigenvalue weighted by Gasteiger charge is 2.34. The summed E-state index contributed by atoms with van der Waals surface area (Å²) in [7, 11) is 0. The Morgan fingerprint density at radius 2 is 1.94 bits per heavy atom. The van der Waals surface area contributed by atoms with Crippen LogP contribution in [0.25, 0.3) is 0 Å². The lowest BCUT2D eigenvalue weighted by molar-refractivity contribution is -0.139. The molecular formula is C13H13ClO2S. The van der Waals surface area contributed by atoms with Gasteiger partial charge in [-0.2, -0.15) is 0 Å². The van der Waals surface area contributed by atoms with Crippen LogP contribution in [0.3, 0.4) is 0 Å². The van der Waals surface area contributed by atoms with Crippen LogP contribution in [0.15, 0.2) is 40.3 Å². The molecule has 0 aliphatic carbocycles. The van der Waals surface area contributed by atoms with E-state index in [1.54, 1.807) is 11.8 Å². The third-order valence-corrected chi connectivity index (χ3v) is 3.94. The first kappa shape index (κ1) is 12.5. The minimum absolute atomic E-state index is 0.220. The van der Waals surface area contributed by atoms with Crippen LogP contribution < -0.4 is 0 Å². The zero-order valence-electron chi connectivity index (χ0n) is 9.64. The Balaban J connectivity index is 2.33. The number of benzene rings is 1. The van der Waals surface area contributed by atoms with Crippen molar-refractivity contribution in [2.24, 2.45) is 0 Å². The number of cyclic esters (lactones) is 1. The molecule has 0 saturated heterocycles. The second-order valence-electron chi connectivity index (χ2n) is 4.04. The van der Waals surface area contributed by atoms with Crippen LogP contribution in [0, 0.1) is 0 Å². The van der Waals surface area contributed by atoms with Gasteiger partial charge in [0.05, 0.1) is 4.91 Å². The lowest BCUT2D eigenvalue weighted by Crippen LogP contribution is -2.03. The SMILES string of the molecule is CC(C)SC1=C(Cl)C(=O)OC1c1ccccc1.